The first-order chi connectivity index (χ1) is 15.3. The zero-order valence-electron chi connectivity index (χ0n) is 17.9. The third-order valence-corrected chi connectivity index (χ3v) is 5.84. The van der Waals surface area contributed by atoms with Crippen molar-refractivity contribution in [1.82, 2.24) is 19.4 Å². The number of fused-ring (bicyclic) bond motifs is 1. The summed E-state index contributed by atoms with van der Waals surface area (Å²) in [4.78, 5) is 25.6. The van der Waals surface area contributed by atoms with Crippen molar-refractivity contribution in [1.29, 1.82) is 0 Å². The number of rotatable bonds is 7. The van der Waals surface area contributed by atoms with Crippen LogP contribution in [-0.2, 0) is 13.1 Å². The third-order valence-electron chi connectivity index (χ3n) is 4.89. The van der Waals surface area contributed by atoms with E-state index in [0.29, 0.717) is 29.8 Å². The standard InChI is InChI=1S/C23H22F2N4O2S/c1-14-21(15-8-10-16(11-9-15)31-23(24)25)27-20(32-14)13-29-19(12-28(2)3)26-18-7-5-4-6-17(18)22(29)30/h4-11,23H,12-13H2,1-3H3. The van der Waals surface area contributed by atoms with Crippen LogP contribution in [0.4, 0.5) is 8.78 Å². The lowest BCUT2D eigenvalue weighted by Crippen LogP contribution is -2.28. The van der Waals surface area contributed by atoms with Crippen molar-refractivity contribution in [2.75, 3.05) is 14.1 Å². The van der Waals surface area contributed by atoms with Gasteiger partial charge in [0.25, 0.3) is 5.56 Å². The van der Waals surface area contributed by atoms with Gasteiger partial charge in [-0.25, -0.2) is 9.97 Å². The molecule has 4 rings (SSSR count). The molecule has 0 fully saturated rings. The summed E-state index contributed by atoms with van der Waals surface area (Å²) < 4.78 is 30.9. The zero-order chi connectivity index (χ0) is 22.8. The van der Waals surface area contributed by atoms with Crippen molar-refractivity contribution in [3.63, 3.8) is 0 Å². The summed E-state index contributed by atoms with van der Waals surface area (Å²) in [6, 6.07) is 13.7. The van der Waals surface area contributed by atoms with Gasteiger partial charge in [0.2, 0.25) is 0 Å². The Bertz CT molecular complexity index is 1300. The molecule has 0 spiro atoms. The number of benzene rings is 2. The predicted molar refractivity (Wildman–Crippen MR) is 121 cm³/mol. The Balaban J connectivity index is 1.69. The Hall–Kier alpha value is -3.17. The molecule has 0 unspecified atom stereocenters. The van der Waals surface area contributed by atoms with E-state index in [1.807, 2.05) is 44.1 Å². The number of alkyl halides is 2. The van der Waals surface area contributed by atoms with Crippen molar-refractivity contribution < 1.29 is 13.5 Å². The molecular formula is C23H22F2N4O2S. The van der Waals surface area contributed by atoms with Crippen molar-refractivity contribution in [3.05, 3.63) is 74.6 Å². The second kappa shape index (κ2) is 9.13. The number of para-hydroxylation sites is 1. The number of aryl methyl sites for hydroxylation is 1. The molecule has 0 amide bonds. The van der Waals surface area contributed by atoms with Crippen LogP contribution in [0, 0.1) is 6.92 Å². The summed E-state index contributed by atoms with van der Waals surface area (Å²) >= 11 is 1.50. The maximum Gasteiger partial charge on any atom is 0.387 e. The first-order valence-corrected chi connectivity index (χ1v) is 10.8. The van der Waals surface area contributed by atoms with Gasteiger partial charge in [-0.3, -0.25) is 9.36 Å². The average molecular weight is 457 g/mol. The summed E-state index contributed by atoms with van der Waals surface area (Å²) in [5, 5.41) is 1.34. The van der Waals surface area contributed by atoms with Crippen LogP contribution >= 0.6 is 11.3 Å². The third kappa shape index (κ3) is 4.68. The molecule has 2 aromatic heterocycles. The molecule has 4 aromatic rings. The van der Waals surface area contributed by atoms with Gasteiger partial charge in [0.1, 0.15) is 16.6 Å². The SMILES string of the molecule is Cc1sc(Cn2c(CN(C)C)nc3ccccc3c2=O)nc1-c1ccc(OC(F)F)cc1. The Morgan fingerprint density at radius 2 is 1.81 bits per heavy atom. The summed E-state index contributed by atoms with van der Waals surface area (Å²) in [6.45, 7) is -0.0954. The van der Waals surface area contributed by atoms with E-state index in [-0.39, 0.29) is 11.3 Å². The molecule has 0 bridgehead atoms. The van der Waals surface area contributed by atoms with Gasteiger partial charge in [0, 0.05) is 10.4 Å². The van der Waals surface area contributed by atoms with Crippen LogP contribution in [0.3, 0.4) is 0 Å². The molecular weight excluding hydrogens is 434 g/mol. The Labute approximate surface area is 187 Å². The molecule has 0 saturated heterocycles. The molecule has 9 heteroatoms. The first-order valence-electron chi connectivity index (χ1n) is 9.96. The molecule has 0 radical (unpaired) electrons. The predicted octanol–water partition coefficient (Wildman–Crippen LogP) is 4.54. The molecule has 166 valence electrons. The van der Waals surface area contributed by atoms with Crippen LogP contribution in [0.5, 0.6) is 5.75 Å². The average Bonchev–Trinajstić information content (AvgIpc) is 3.11. The highest BCUT2D eigenvalue weighted by atomic mass is 32.1. The van der Waals surface area contributed by atoms with Gasteiger partial charge in [-0.15, -0.1) is 11.3 Å². The summed E-state index contributed by atoms with van der Waals surface area (Å²) in [7, 11) is 3.86. The molecule has 6 nitrogen and oxygen atoms in total. The highest BCUT2D eigenvalue weighted by Crippen LogP contribution is 2.29. The Kier molecular flexibility index (Phi) is 6.29. The maximum atomic E-state index is 13.2. The van der Waals surface area contributed by atoms with E-state index >= 15 is 0 Å². The van der Waals surface area contributed by atoms with E-state index in [1.54, 1.807) is 22.8 Å². The van der Waals surface area contributed by atoms with Crippen LogP contribution in [0.2, 0.25) is 0 Å². The minimum atomic E-state index is -2.86. The van der Waals surface area contributed by atoms with E-state index < -0.39 is 6.61 Å². The quantitative estimate of drug-likeness (QED) is 0.409. The first kappa shape index (κ1) is 22.0. The van der Waals surface area contributed by atoms with Gasteiger partial charge in [-0.2, -0.15) is 8.78 Å². The Morgan fingerprint density at radius 1 is 1.09 bits per heavy atom. The molecule has 32 heavy (non-hydrogen) atoms. The second-order valence-corrected chi connectivity index (χ2v) is 8.88. The lowest BCUT2D eigenvalue weighted by molar-refractivity contribution is -0.0498. The number of nitrogens with zero attached hydrogens (tertiary/aromatic N) is 4. The van der Waals surface area contributed by atoms with E-state index in [4.69, 9.17) is 9.97 Å². The molecule has 0 aliphatic rings. The summed E-state index contributed by atoms with van der Waals surface area (Å²) in [6.07, 6.45) is 0. The van der Waals surface area contributed by atoms with E-state index in [1.165, 1.54) is 23.5 Å². The van der Waals surface area contributed by atoms with Gasteiger partial charge in [0.15, 0.2) is 0 Å². The van der Waals surface area contributed by atoms with Crippen LogP contribution in [0.1, 0.15) is 15.7 Å². The molecule has 0 saturated carbocycles. The maximum absolute atomic E-state index is 13.2. The minimum absolute atomic E-state index is 0.0963. The lowest BCUT2D eigenvalue weighted by atomic mass is 10.1. The molecule has 0 atom stereocenters. The van der Waals surface area contributed by atoms with Gasteiger partial charge in [0.05, 0.1) is 29.7 Å². The fraction of sp³-hybridized carbons (Fsp3) is 0.261. The van der Waals surface area contributed by atoms with Crippen molar-refractivity contribution in [2.24, 2.45) is 0 Å². The minimum Gasteiger partial charge on any atom is -0.435 e. The molecule has 0 aliphatic heterocycles. The number of hydrogen-bond acceptors (Lipinski definition) is 6. The topological polar surface area (TPSA) is 60.2 Å². The largest absolute Gasteiger partial charge is 0.435 e. The number of ether oxygens (including phenoxy) is 1. The summed E-state index contributed by atoms with van der Waals surface area (Å²) in [5.74, 6) is 0.764. The van der Waals surface area contributed by atoms with Crippen LogP contribution in [0.25, 0.3) is 22.2 Å². The van der Waals surface area contributed by atoms with E-state index in [9.17, 15) is 13.6 Å². The van der Waals surface area contributed by atoms with Crippen molar-refractivity contribution in [2.45, 2.75) is 26.6 Å². The van der Waals surface area contributed by atoms with Crippen LogP contribution < -0.4 is 10.3 Å². The Morgan fingerprint density at radius 3 is 2.50 bits per heavy atom. The molecule has 0 aliphatic carbocycles. The van der Waals surface area contributed by atoms with Gasteiger partial charge < -0.3 is 9.64 Å². The van der Waals surface area contributed by atoms with E-state index in [2.05, 4.69) is 4.74 Å². The van der Waals surface area contributed by atoms with Gasteiger partial charge in [-0.05, 0) is 57.4 Å². The summed E-state index contributed by atoms with van der Waals surface area (Å²) in [5.41, 5.74) is 2.12. The number of thiazole rings is 1. The fourth-order valence-electron chi connectivity index (χ4n) is 3.50. The van der Waals surface area contributed by atoms with Crippen LogP contribution in [-0.4, -0.2) is 40.1 Å². The number of hydrogen-bond donors (Lipinski definition) is 0. The highest BCUT2D eigenvalue weighted by molar-refractivity contribution is 7.12. The monoisotopic (exact) mass is 456 g/mol. The van der Waals surface area contributed by atoms with Crippen molar-refractivity contribution >= 4 is 22.2 Å². The fourth-order valence-corrected chi connectivity index (χ4v) is 4.44. The van der Waals surface area contributed by atoms with Crippen LogP contribution in [0.15, 0.2) is 53.3 Å². The second-order valence-electron chi connectivity index (χ2n) is 7.59. The van der Waals surface area contributed by atoms with Gasteiger partial charge in [-0.1, -0.05) is 12.1 Å². The lowest BCUT2D eigenvalue weighted by Gasteiger charge is -2.15. The zero-order valence-corrected chi connectivity index (χ0v) is 18.7. The normalized spacial score (nSPS) is 11.6. The van der Waals surface area contributed by atoms with Gasteiger partial charge >= 0.3 is 6.61 Å². The van der Waals surface area contributed by atoms with E-state index in [0.717, 1.165) is 21.1 Å². The smallest absolute Gasteiger partial charge is 0.387 e. The molecule has 0 N–H and O–H groups in total. The van der Waals surface area contributed by atoms with Crippen molar-refractivity contribution in [3.8, 4) is 17.0 Å². The number of aromatic nitrogens is 3. The highest BCUT2D eigenvalue weighted by Gasteiger charge is 2.16. The molecule has 2 heterocycles. The number of halogens is 2. The molecule has 2 aromatic carbocycles.